The summed E-state index contributed by atoms with van der Waals surface area (Å²) >= 11 is 1.34. The molecule has 2 aromatic heterocycles. The maximum absolute atomic E-state index is 12.5. The summed E-state index contributed by atoms with van der Waals surface area (Å²) in [6.45, 7) is 9.91. The number of amides is 1. The number of esters is 1. The van der Waals surface area contributed by atoms with Crippen molar-refractivity contribution in [1.29, 1.82) is 0 Å². The third-order valence-corrected chi connectivity index (χ3v) is 5.47. The van der Waals surface area contributed by atoms with Gasteiger partial charge in [0.05, 0.1) is 12.2 Å². The maximum Gasteiger partial charge on any atom is 0.349 e. The molecule has 6 nitrogen and oxygen atoms in total. The van der Waals surface area contributed by atoms with Gasteiger partial charge >= 0.3 is 5.97 Å². The number of hydrogen-bond acceptors (Lipinski definition) is 5. The number of aryl methyl sites for hydroxylation is 2. The van der Waals surface area contributed by atoms with E-state index in [1.165, 1.54) is 16.9 Å². The monoisotopic (exact) mass is 399 g/mol. The van der Waals surface area contributed by atoms with E-state index in [-0.39, 0.29) is 11.9 Å². The van der Waals surface area contributed by atoms with Crippen LogP contribution in [0.5, 0.6) is 0 Å². The number of carbonyl (C=O) groups excluding carboxylic acids is 2. The number of carbonyl (C=O) groups is 2. The molecule has 1 aromatic carbocycles. The fourth-order valence-corrected chi connectivity index (χ4v) is 3.90. The van der Waals surface area contributed by atoms with Gasteiger partial charge in [0, 0.05) is 11.4 Å². The van der Waals surface area contributed by atoms with Crippen LogP contribution < -0.4 is 5.32 Å². The zero-order valence-corrected chi connectivity index (χ0v) is 17.6. The Labute approximate surface area is 168 Å². The van der Waals surface area contributed by atoms with Crippen molar-refractivity contribution in [3.63, 3.8) is 0 Å². The minimum Gasteiger partial charge on any atom is -0.448 e. The second-order valence-electron chi connectivity index (χ2n) is 7.27. The van der Waals surface area contributed by atoms with Crippen LogP contribution in [-0.2, 0) is 16.1 Å². The van der Waals surface area contributed by atoms with Gasteiger partial charge < -0.3 is 10.1 Å². The van der Waals surface area contributed by atoms with Gasteiger partial charge in [-0.25, -0.2) is 4.79 Å². The van der Waals surface area contributed by atoms with Gasteiger partial charge in [0.1, 0.15) is 9.71 Å². The SMILES string of the molecule is Cc1ccc(Cn2nc(C)c3cc(C(=O)O[C@@H](C)C(=O)NC(C)C)sc32)cc1. The van der Waals surface area contributed by atoms with E-state index in [9.17, 15) is 9.59 Å². The quantitative estimate of drug-likeness (QED) is 0.639. The van der Waals surface area contributed by atoms with Crippen molar-refractivity contribution in [2.45, 2.75) is 53.3 Å². The number of rotatable bonds is 6. The van der Waals surface area contributed by atoms with Gasteiger partial charge in [0.25, 0.3) is 5.91 Å². The Hall–Kier alpha value is -2.67. The van der Waals surface area contributed by atoms with Crippen LogP contribution in [0.25, 0.3) is 10.2 Å². The maximum atomic E-state index is 12.5. The molecular weight excluding hydrogens is 374 g/mol. The molecule has 0 bridgehead atoms. The lowest BCUT2D eigenvalue weighted by Crippen LogP contribution is -2.39. The highest BCUT2D eigenvalue weighted by Gasteiger charge is 2.22. The molecular formula is C21H25N3O3S. The average molecular weight is 400 g/mol. The molecule has 1 N–H and O–H groups in total. The van der Waals surface area contributed by atoms with Crippen LogP contribution in [-0.4, -0.2) is 33.8 Å². The van der Waals surface area contributed by atoms with E-state index in [0.717, 1.165) is 21.5 Å². The van der Waals surface area contributed by atoms with Crippen LogP contribution in [0.1, 0.15) is 47.3 Å². The zero-order valence-electron chi connectivity index (χ0n) is 16.8. The van der Waals surface area contributed by atoms with Gasteiger partial charge in [-0.3, -0.25) is 9.48 Å². The van der Waals surface area contributed by atoms with Crippen molar-refractivity contribution in [3.05, 3.63) is 52.0 Å². The number of benzene rings is 1. The molecule has 3 aromatic rings. The zero-order chi connectivity index (χ0) is 20.4. The highest BCUT2D eigenvalue weighted by Crippen LogP contribution is 2.29. The first-order chi connectivity index (χ1) is 13.2. The Bertz CT molecular complexity index is 1000. The molecule has 0 fully saturated rings. The van der Waals surface area contributed by atoms with Crippen molar-refractivity contribution >= 4 is 33.4 Å². The van der Waals surface area contributed by atoms with Crippen molar-refractivity contribution in [3.8, 4) is 0 Å². The predicted octanol–water partition coefficient (Wildman–Crippen LogP) is 3.83. The van der Waals surface area contributed by atoms with Crippen LogP contribution >= 0.6 is 11.3 Å². The molecule has 3 rings (SSSR count). The van der Waals surface area contributed by atoms with E-state index in [1.807, 2.05) is 25.5 Å². The largest absolute Gasteiger partial charge is 0.448 e. The predicted molar refractivity (Wildman–Crippen MR) is 111 cm³/mol. The molecule has 2 heterocycles. The summed E-state index contributed by atoms with van der Waals surface area (Å²) in [4.78, 5) is 25.9. The van der Waals surface area contributed by atoms with Gasteiger partial charge in [-0.1, -0.05) is 29.8 Å². The summed E-state index contributed by atoms with van der Waals surface area (Å²) in [5.74, 6) is -0.792. The first-order valence-electron chi connectivity index (χ1n) is 9.28. The molecule has 0 aliphatic carbocycles. The molecule has 148 valence electrons. The summed E-state index contributed by atoms with van der Waals surface area (Å²) < 4.78 is 7.25. The first kappa shape index (κ1) is 20.1. The van der Waals surface area contributed by atoms with Crippen LogP contribution in [0.2, 0.25) is 0 Å². The smallest absolute Gasteiger partial charge is 0.349 e. The normalized spacial score (nSPS) is 12.4. The summed E-state index contributed by atoms with van der Waals surface area (Å²) in [6, 6.07) is 10.1. The highest BCUT2D eigenvalue weighted by molar-refractivity contribution is 7.20. The fraction of sp³-hybridized carbons (Fsp3) is 0.381. The lowest BCUT2D eigenvalue weighted by atomic mass is 10.1. The van der Waals surface area contributed by atoms with Gasteiger partial charge in [-0.05, 0) is 46.2 Å². The van der Waals surface area contributed by atoms with E-state index < -0.39 is 12.1 Å². The van der Waals surface area contributed by atoms with Crippen molar-refractivity contribution in [2.24, 2.45) is 0 Å². The highest BCUT2D eigenvalue weighted by atomic mass is 32.1. The van der Waals surface area contributed by atoms with E-state index in [0.29, 0.717) is 11.4 Å². The first-order valence-corrected chi connectivity index (χ1v) is 10.1. The summed E-state index contributed by atoms with van der Waals surface area (Å²) in [5.41, 5.74) is 3.22. The second kappa shape index (κ2) is 8.14. The summed E-state index contributed by atoms with van der Waals surface area (Å²) in [5, 5.41) is 8.28. The molecule has 1 amide bonds. The molecule has 0 saturated heterocycles. The Kier molecular flexibility index (Phi) is 5.84. The van der Waals surface area contributed by atoms with Gasteiger partial charge in [-0.15, -0.1) is 11.3 Å². The fourth-order valence-electron chi connectivity index (χ4n) is 2.86. The number of fused-ring (bicyclic) bond motifs is 1. The Balaban J connectivity index is 1.79. The van der Waals surface area contributed by atoms with E-state index >= 15 is 0 Å². The third-order valence-electron chi connectivity index (χ3n) is 4.35. The number of nitrogens with one attached hydrogen (secondary N) is 1. The second-order valence-corrected chi connectivity index (χ2v) is 8.30. The number of nitrogens with zero attached hydrogens (tertiary/aromatic N) is 2. The third kappa shape index (κ3) is 4.42. The lowest BCUT2D eigenvalue weighted by Gasteiger charge is -2.14. The number of ether oxygens (including phenoxy) is 1. The Morgan fingerprint density at radius 2 is 1.86 bits per heavy atom. The molecule has 7 heteroatoms. The van der Waals surface area contributed by atoms with E-state index in [4.69, 9.17) is 4.74 Å². The van der Waals surface area contributed by atoms with E-state index in [2.05, 4.69) is 41.6 Å². The molecule has 0 saturated carbocycles. The van der Waals surface area contributed by atoms with E-state index in [1.54, 1.807) is 13.0 Å². The Morgan fingerprint density at radius 1 is 1.18 bits per heavy atom. The molecule has 0 aliphatic heterocycles. The van der Waals surface area contributed by atoms with Crippen LogP contribution in [0.4, 0.5) is 0 Å². The number of thiophene rings is 1. The van der Waals surface area contributed by atoms with Crippen LogP contribution in [0.15, 0.2) is 30.3 Å². The minimum absolute atomic E-state index is 0.00613. The lowest BCUT2D eigenvalue weighted by molar-refractivity contribution is -0.129. The Morgan fingerprint density at radius 3 is 2.50 bits per heavy atom. The molecule has 0 spiro atoms. The van der Waals surface area contributed by atoms with Crippen molar-refractivity contribution in [2.75, 3.05) is 0 Å². The molecule has 1 atom stereocenters. The molecule has 28 heavy (non-hydrogen) atoms. The van der Waals surface area contributed by atoms with Crippen LogP contribution in [0, 0.1) is 13.8 Å². The summed E-state index contributed by atoms with van der Waals surface area (Å²) in [7, 11) is 0. The average Bonchev–Trinajstić information content (AvgIpc) is 3.18. The van der Waals surface area contributed by atoms with Crippen molar-refractivity contribution < 1.29 is 14.3 Å². The number of hydrogen-bond donors (Lipinski definition) is 1. The minimum atomic E-state index is -0.842. The van der Waals surface area contributed by atoms with Crippen LogP contribution in [0.3, 0.4) is 0 Å². The summed E-state index contributed by atoms with van der Waals surface area (Å²) in [6.07, 6.45) is -0.842. The standard InChI is InChI=1S/C21H25N3O3S/c1-12(2)22-19(25)15(5)27-21(26)18-10-17-14(4)23-24(20(17)28-18)11-16-8-6-13(3)7-9-16/h6-10,12,15H,11H2,1-5H3,(H,22,25)/t15-/m0/s1. The molecule has 0 radical (unpaired) electrons. The van der Waals surface area contributed by atoms with Gasteiger partial charge in [0.2, 0.25) is 0 Å². The van der Waals surface area contributed by atoms with Gasteiger partial charge in [-0.2, -0.15) is 5.10 Å². The van der Waals surface area contributed by atoms with Crippen molar-refractivity contribution in [1.82, 2.24) is 15.1 Å². The molecule has 0 unspecified atom stereocenters. The topological polar surface area (TPSA) is 73.2 Å². The molecule has 0 aliphatic rings. The van der Waals surface area contributed by atoms with Gasteiger partial charge in [0.15, 0.2) is 6.10 Å². The number of aromatic nitrogens is 2.